The van der Waals surface area contributed by atoms with E-state index in [2.05, 4.69) is 26.7 Å². The Hall–Kier alpha value is -0.440. The second-order valence-electron chi connectivity index (χ2n) is 5.36. The van der Waals surface area contributed by atoms with E-state index in [1.54, 1.807) is 19.3 Å². The van der Waals surface area contributed by atoms with Crippen molar-refractivity contribution in [2.24, 2.45) is 35.5 Å². The fourth-order valence-corrected chi connectivity index (χ4v) is 4.33. The van der Waals surface area contributed by atoms with Crippen LogP contribution < -0.4 is 0 Å². The average molecular weight is 176 g/mol. The lowest BCUT2D eigenvalue weighted by Gasteiger charge is -2.61. The average Bonchev–Trinajstić information content (AvgIpc) is 2.42. The first kappa shape index (κ1) is 9.13. The van der Waals surface area contributed by atoms with E-state index in [0.717, 1.165) is 11.8 Å². The molecule has 0 aromatic carbocycles. The second-order valence-corrected chi connectivity index (χ2v) is 5.36. The van der Waals surface area contributed by atoms with E-state index in [-0.39, 0.29) is 0 Å². The predicted molar refractivity (Wildman–Crippen MR) is 56.0 cm³/mol. The third-order valence-electron chi connectivity index (χ3n) is 4.74. The molecular formula is C13H20. The van der Waals surface area contributed by atoms with E-state index >= 15 is 0 Å². The van der Waals surface area contributed by atoms with Crippen molar-refractivity contribution in [1.82, 2.24) is 0 Å². The molecule has 0 radical (unpaired) electrons. The molecule has 6 unspecified atom stereocenters. The summed E-state index contributed by atoms with van der Waals surface area (Å²) in [6.45, 7) is 4.91. The van der Waals surface area contributed by atoms with Gasteiger partial charge in [-0.3, -0.25) is 0 Å². The van der Waals surface area contributed by atoms with Gasteiger partial charge in [0.05, 0.1) is 0 Å². The second kappa shape index (κ2) is 3.05. The Morgan fingerprint density at radius 3 is 2.00 bits per heavy atom. The van der Waals surface area contributed by atoms with Crippen molar-refractivity contribution in [2.75, 3.05) is 0 Å². The number of rotatable bonds is 0. The lowest BCUT2D eigenvalue weighted by atomic mass is 9.44. The van der Waals surface area contributed by atoms with E-state index in [4.69, 9.17) is 0 Å². The number of fused-ring (bicyclic) bond motifs is 4. The summed E-state index contributed by atoms with van der Waals surface area (Å²) in [5, 5.41) is 0. The highest BCUT2D eigenvalue weighted by molar-refractivity contribution is 5.09. The molecule has 0 bridgehead atoms. The van der Waals surface area contributed by atoms with Crippen molar-refractivity contribution < 1.29 is 0 Å². The summed E-state index contributed by atoms with van der Waals surface area (Å²) in [7, 11) is 0. The Kier molecular flexibility index (Phi) is 2.14. The molecule has 0 spiro atoms. The topological polar surface area (TPSA) is 0 Å². The number of terminal acetylenes is 1. The van der Waals surface area contributed by atoms with Crippen LogP contribution >= 0.6 is 0 Å². The minimum atomic E-state index is 1.06. The minimum absolute atomic E-state index is 1.06. The van der Waals surface area contributed by atoms with Gasteiger partial charge in [-0.1, -0.05) is 13.8 Å². The Morgan fingerprint density at radius 1 is 0.846 bits per heavy atom. The fourth-order valence-electron chi connectivity index (χ4n) is 4.33. The third-order valence-corrected chi connectivity index (χ3v) is 4.74. The minimum Gasteiger partial charge on any atom is -0.124 e. The van der Waals surface area contributed by atoms with Gasteiger partial charge in [0, 0.05) is 0 Å². The summed E-state index contributed by atoms with van der Waals surface area (Å²) >= 11 is 0. The van der Waals surface area contributed by atoms with Gasteiger partial charge in [-0.2, -0.15) is 0 Å². The van der Waals surface area contributed by atoms with Gasteiger partial charge >= 0.3 is 0 Å². The monoisotopic (exact) mass is 176 g/mol. The van der Waals surface area contributed by atoms with Crippen molar-refractivity contribution in [3.63, 3.8) is 0 Å². The van der Waals surface area contributed by atoms with Gasteiger partial charge in [0.1, 0.15) is 0 Å². The van der Waals surface area contributed by atoms with E-state index in [9.17, 15) is 0 Å². The molecule has 6 atom stereocenters. The largest absolute Gasteiger partial charge is 0.124 e. The van der Waals surface area contributed by atoms with Crippen LogP contribution in [0.5, 0.6) is 0 Å². The molecule has 72 valence electrons. The first-order valence-corrected chi connectivity index (χ1v) is 5.60. The van der Waals surface area contributed by atoms with E-state index in [1.165, 1.54) is 23.7 Å². The SMILES string of the molecule is C#C.CC1CC2C(C1)C1C(C)CC21. The first-order valence-electron chi connectivity index (χ1n) is 5.60. The standard InChI is InChI=1S/C11H18.C2H2/c1-6-3-8-9(4-6)11-7(2)5-10(8)11;1-2/h6-11H,3-5H2,1-2H3;1-2H. The molecule has 0 aromatic rings. The van der Waals surface area contributed by atoms with E-state index in [0.29, 0.717) is 0 Å². The highest BCUT2D eigenvalue weighted by Gasteiger charge is 2.60. The zero-order chi connectivity index (χ0) is 9.59. The Bertz CT molecular complexity index is 209. The molecule has 0 nitrogen and oxygen atoms in total. The molecule has 0 heteroatoms. The van der Waals surface area contributed by atoms with Crippen LogP contribution in [0.15, 0.2) is 0 Å². The molecule has 0 aliphatic heterocycles. The van der Waals surface area contributed by atoms with Gasteiger partial charge in [0.25, 0.3) is 0 Å². The van der Waals surface area contributed by atoms with Crippen molar-refractivity contribution in [2.45, 2.75) is 33.1 Å². The normalized spacial score (nSPS) is 56.0. The molecule has 0 amide bonds. The summed E-state index contributed by atoms with van der Waals surface area (Å²) < 4.78 is 0. The van der Waals surface area contributed by atoms with E-state index in [1.807, 2.05) is 0 Å². The maximum Gasteiger partial charge on any atom is -0.0326 e. The van der Waals surface area contributed by atoms with Crippen LogP contribution in [-0.4, -0.2) is 0 Å². The highest BCUT2D eigenvalue weighted by atomic mass is 14.7. The van der Waals surface area contributed by atoms with Crippen LogP contribution in [0.25, 0.3) is 0 Å². The molecule has 0 heterocycles. The van der Waals surface area contributed by atoms with Crippen molar-refractivity contribution in [3.8, 4) is 12.8 Å². The molecule has 3 aliphatic rings. The lowest BCUT2D eigenvalue weighted by molar-refractivity contribution is -0.129. The zero-order valence-corrected chi connectivity index (χ0v) is 8.74. The summed E-state index contributed by atoms with van der Waals surface area (Å²) in [5.74, 6) is 6.89. The summed E-state index contributed by atoms with van der Waals surface area (Å²) in [6, 6.07) is 0. The van der Waals surface area contributed by atoms with Crippen LogP contribution in [0.1, 0.15) is 33.1 Å². The lowest BCUT2D eigenvalue weighted by Crippen LogP contribution is -2.55. The maximum absolute atomic E-state index is 4.00. The Labute approximate surface area is 82.1 Å². The van der Waals surface area contributed by atoms with Gasteiger partial charge in [-0.25, -0.2) is 0 Å². The van der Waals surface area contributed by atoms with Gasteiger partial charge in [-0.05, 0) is 54.8 Å². The quantitative estimate of drug-likeness (QED) is 0.497. The van der Waals surface area contributed by atoms with Crippen LogP contribution in [0.3, 0.4) is 0 Å². The first-order chi connectivity index (χ1) is 6.27. The molecule has 0 aromatic heterocycles. The van der Waals surface area contributed by atoms with Crippen molar-refractivity contribution >= 4 is 0 Å². The molecule has 3 aliphatic carbocycles. The molecule has 0 saturated heterocycles. The summed E-state index contributed by atoms with van der Waals surface area (Å²) in [6.07, 6.45) is 12.7. The fraction of sp³-hybridized carbons (Fsp3) is 0.846. The summed E-state index contributed by atoms with van der Waals surface area (Å²) in [5.41, 5.74) is 0. The van der Waals surface area contributed by atoms with Crippen LogP contribution in [-0.2, 0) is 0 Å². The van der Waals surface area contributed by atoms with Crippen LogP contribution in [0.4, 0.5) is 0 Å². The number of hydrogen-bond acceptors (Lipinski definition) is 0. The molecular weight excluding hydrogens is 156 g/mol. The number of hydrogen-bond donors (Lipinski definition) is 0. The van der Waals surface area contributed by atoms with Crippen molar-refractivity contribution in [1.29, 1.82) is 0 Å². The van der Waals surface area contributed by atoms with Gasteiger partial charge < -0.3 is 0 Å². The smallest absolute Gasteiger partial charge is 0.0326 e. The summed E-state index contributed by atoms with van der Waals surface area (Å²) in [4.78, 5) is 0. The molecule has 13 heavy (non-hydrogen) atoms. The van der Waals surface area contributed by atoms with Gasteiger partial charge in [0.15, 0.2) is 0 Å². The maximum atomic E-state index is 4.00. The molecule has 0 N–H and O–H groups in total. The van der Waals surface area contributed by atoms with Gasteiger partial charge in [-0.15, -0.1) is 12.8 Å². The predicted octanol–water partition coefficient (Wildman–Crippen LogP) is 3.18. The third kappa shape index (κ3) is 1.06. The van der Waals surface area contributed by atoms with E-state index < -0.39 is 0 Å². The van der Waals surface area contributed by atoms with Crippen molar-refractivity contribution in [3.05, 3.63) is 0 Å². The molecule has 3 rings (SSSR count). The van der Waals surface area contributed by atoms with Crippen LogP contribution in [0.2, 0.25) is 0 Å². The van der Waals surface area contributed by atoms with Crippen LogP contribution in [0, 0.1) is 48.4 Å². The molecule has 3 fully saturated rings. The Morgan fingerprint density at radius 2 is 1.38 bits per heavy atom. The van der Waals surface area contributed by atoms with Gasteiger partial charge in [0.2, 0.25) is 0 Å². The molecule has 3 saturated carbocycles. The Balaban J connectivity index is 0.000000308. The highest BCUT2D eigenvalue weighted by Crippen LogP contribution is 2.67. The zero-order valence-electron chi connectivity index (χ0n) is 8.74.